The van der Waals surface area contributed by atoms with Gasteiger partial charge in [-0.25, -0.2) is 0 Å². The SMILES string of the molecule is CCOCCN(CC)Cc1ccccc1CNC. The fourth-order valence-electron chi connectivity index (χ4n) is 2.00. The minimum absolute atomic E-state index is 0.799. The lowest BCUT2D eigenvalue weighted by molar-refractivity contribution is 0.113. The molecule has 1 rings (SSSR count). The number of ether oxygens (including phenoxy) is 1. The minimum Gasteiger partial charge on any atom is -0.380 e. The van der Waals surface area contributed by atoms with Crippen molar-refractivity contribution in [2.45, 2.75) is 26.9 Å². The highest BCUT2D eigenvalue weighted by Gasteiger charge is 2.06. The molecule has 102 valence electrons. The van der Waals surface area contributed by atoms with Gasteiger partial charge < -0.3 is 10.1 Å². The molecular weight excluding hydrogens is 224 g/mol. The van der Waals surface area contributed by atoms with E-state index in [2.05, 4.69) is 41.4 Å². The van der Waals surface area contributed by atoms with E-state index in [-0.39, 0.29) is 0 Å². The summed E-state index contributed by atoms with van der Waals surface area (Å²) in [6.07, 6.45) is 0. The van der Waals surface area contributed by atoms with Crippen molar-refractivity contribution in [1.82, 2.24) is 10.2 Å². The predicted molar refractivity (Wildman–Crippen MR) is 76.6 cm³/mol. The number of rotatable bonds is 9. The second-order valence-corrected chi connectivity index (χ2v) is 4.36. The first-order valence-electron chi connectivity index (χ1n) is 6.83. The normalized spacial score (nSPS) is 11.1. The number of likely N-dealkylation sites (N-methyl/N-ethyl adjacent to an activating group) is 1. The number of hydrogen-bond acceptors (Lipinski definition) is 3. The summed E-state index contributed by atoms with van der Waals surface area (Å²) >= 11 is 0. The molecular formula is C15H26N2O. The molecule has 1 N–H and O–H groups in total. The van der Waals surface area contributed by atoms with Gasteiger partial charge in [-0.1, -0.05) is 31.2 Å². The number of benzene rings is 1. The van der Waals surface area contributed by atoms with Crippen molar-refractivity contribution in [3.63, 3.8) is 0 Å². The third-order valence-electron chi connectivity index (χ3n) is 3.08. The molecule has 0 unspecified atom stereocenters. The van der Waals surface area contributed by atoms with Gasteiger partial charge in [0.2, 0.25) is 0 Å². The van der Waals surface area contributed by atoms with Gasteiger partial charge in [0.1, 0.15) is 0 Å². The van der Waals surface area contributed by atoms with E-state index in [4.69, 9.17) is 4.74 Å². The average molecular weight is 250 g/mol. The Morgan fingerprint density at radius 2 is 1.89 bits per heavy atom. The summed E-state index contributed by atoms with van der Waals surface area (Å²) in [6.45, 7) is 9.84. The zero-order valence-corrected chi connectivity index (χ0v) is 11.9. The summed E-state index contributed by atoms with van der Waals surface area (Å²) in [4.78, 5) is 2.42. The molecule has 3 heteroatoms. The lowest BCUT2D eigenvalue weighted by Gasteiger charge is -2.22. The highest BCUT2D eigenvalue weighted by atomic mass is 16.5. The van der Waals surface area contributed by atoms with E-state index >= 15 is 0 Å². The van der Waals surface area contributed by atoms with E-state index < -0.39 is 0 Å². The molecule has 1 aromatic rings. The van der Waals surface area contributed by atoms with Crippen LogP contribution < -0.4 is 5.32 Å². The molecule has 0 fully saturated rings. The Labute approximate surface area is 111 Å². The van der Waals surface area contributed by atoms with Gasteiger partial charge in [0, 0.05) is 26.2 Å². The van der Waals surface area contributed by atoms with Gasteiger partial charge in [-0.15, -0.1) is 0 Å². The van der Waals surface area contributed by atoms with Crippen LogP contribution in [-0.4, -0.2) is 38.3 Å². The lowest BCUT2D eigenvalue weighted by Crippen LogP contribution is -2.27. The zero-order chi connectivity index (χ0) is 13.2. The average Bonchev–Trinajstić information content (AvgIpc) is 2.40. The molecule has 0 aliphatic rings. The summed E-state index contributed by atoms with van der Waals surface area (Å²) in [5, 5.41) is 3.22. The Morgan fingerprint density at radius 3 is 2.50 bits per heavy atom. The Hall–Kier alpha value is -0.900. The fourth-order valence-corrected chi connectivity index (χ4v) is 2.00. The van der Waals surface area contributed by atoms with Gasteiger partial charge in [0.05, 0.1) is 6.61 Å². The standard InChI is InChI=1S/C15H26N2O/c1-4-17(10-11-18-5-2)13-15-9-7-6-8-14(15)12-16-3/h6-9,16H,4-5,10-13H2,1-3H3. The number of nitrogens with one attached hydrogen (secondary N) is 1. The zero-order valence-electron chi connectivity index (χ0n) is 11.9. The molecule has 0 saturated carbocycles. The lowest BCUT2D eigenvalue weighted by atomic mass is 10.1. The van der Waals surface area contributed by atoms with Crippen molar-refractivity contribution in [1.29, 1.82) is 0 Å². The number of hydrogen-bond donors (Lipinski definition) is 1. The summed E-state index contributed by atoms with van der Waals surface area (Å²) in [5.41, 5.74) is 2.79. The van der Waals surface area contributed by atoms with Crippen molar-refractivity contribution in [3.8, 4) is 0 Å². The topological polar surface area (TPSA) is 24.5 Å². The molecule has 0 aromatic heterocycles. The van der Waals surface area contributed by atoms with Crippen LogP contribution in [0.1, 0.15) is 25.0 Å². The third-order valence-corrected chi connectivity index (χ3v) is 3.08. The molecule has 0 heterocycles. The quantitative estimate of drug-likeness (QED) is 0.680. The minimum atomic E-state index is 0.799. The Balaban J connectivity index is 2.57. The molecule has 1 aromatic carbocycles. The maximum Gasteiger partial charge on any atom is 0.0593 e. The maximum absolute atomic E-state index is 5.43. The van der Waals surface area contributed by atoms with Crippen molar-refractivity contribution >= 4 is 0 Å². The van der Waals surface area contributed by atoms with Gasteiger partial charge in [0.25, 0.3) is 0 Å². The van der Waals surface area contributed by atoms with Crippen LogP contribution in [0.2, 0.25) is 0 Å². The molecule has 0 radical (unpaired) electrons. The highest BCUT2D eigenvalue weighted by molar-refractivity contribution is 5.26. The second kappa shape index (κ2) is 9.09. The van der Waals surface area contributed by atoms with Gasteiger partial charge in [-0.2, -0.15) is 0 Å². The van der Waals surface area contributed by atoms with Crippen LogP contribution in [0, 0.1) is 0 Å². The van der Waals surface area contributed by atoms with Crippen molar-refractivity contribution < 1.29 is 4.74 Å². The number of nitrogens with zero attached hydrogens (tertiary/aromatic N) is 1. The van der Waals surface area contributed by atoms with E-state index in [0.717, 1.165) is 39.4 Å². The van der Waals surface area contributed by atoms with E-state index in [1.807, 2.05) is 14.0 Å². The largest absolute Gasteiger partial charge is 0.380 e. The van der Waals surface area contributed by atoms with Gasteiger partial charge in [0.15, 0.2) is 0 Å². The Bertz CT molecular complexity index is 328. The molecule has 0 aliphatic carbocycles. The van der Waals surface area contributed by atoms with Crippen LogP contribution in [0.5, 0.6) is 0 Å². The summed E-state index contributed by atoms with van der Waals surface area (Å²) in [7, 11) is 1.99. The van der Waals surface area contributed by atoms with Gasteiger partial charge in [-0.05, 0) is 31.6 Å². The molecule has 0 spiro atoms. The van der Waals surface area contributed by atoms with Crippen molar-refractivity contribution in [2.75, 3.05) is 33.4 Å². The second-order valence-electron chi connectivity index (χ2n) is 4.36. The molecule has 0 amide bonds. The fraction of sp³-hybridized carbons (Fsp3) is 0.600. The monoisotopic (exact) mass is 250 g/mol. The van der Waals surface area contributed by atoms with E-state index in [1.165, 1.54) is 11.1 Å². The first kappa shape index (κ1) is 15.2. The first-order valence-corrected chi connectivity index (χ1v) is 6.83. The van der Waals surface area contributed by atoms with Crippen LogP contribution in [0.3, 0.4) is 0 Å². The van der Waals surface area contributed by atoms with Crippen LogP contribution >= 0.6 is 0 Å². The summed E-state index contributed by atoms with van der Waals surface area (Å²) in [5.74, 6) is 0. The molecule has 0 aliphatic heterocycles. The molecule has 0 atom stereocenters. The molecule has 18 heavy (non-hydrogen) atoms. The maximum atomic E-state index is 5.43. The molecule has 3 nitrogen and oxygen atoms in total. The van der Waals surface area contributed by atoms with Gasteiger partial charge in [-0.3, -0.25) is 4.90 Å². The van der Waals surface area contributed by atoms with E-state index in [0.29, 0.717) is 0 Å². The Morgan fingerprint density at radius 1 is 1.17 bits per heavy atom. The predicted octanol–water partition coefficient (Wildman–Crippen LogP) is 2.26. The van der Waals surface area contributed by atoms with Crippen LogP contribution in [0.25, 0.3) is 0 Å². The third kappa shape index (κ3) is 5.17. The summed E-state index contributed by atoms with van der Waals surface area (Å²) < 4.78 is 5.43. The van der Waals surface area contributed by atoms with Crippen LogP contribution in [0.15, 0.2) is 24.3 Å². The molecule has 0 saturated heterocycles. The van der Waals surface area contributed by atoms with Crippen molar-refractivity contribution in [3.05, 3.63) is 35.4 Å². The summed E-state index contributed by atoms with van der Waals surface area (Å²) in [6, 6.07) is 8.63. The Kier molecular flexibility index (Phi) is 7.65. The smallest absolute Gasteiger partial charge is 0.0593 e. The van der Waals surface area contributed by atoms with E-state index in [1.54, 1.807) is 0 Å². The van der Waals surface area contributed by atoms with Crippen molar-refractivity contribution in [2.24, 2.45) is 0 Å². The first-order chi connectivity index (χ1) is 8.81. The van der Waals surface area contributed by atoms with Crippen LogP contribution in [0.4, 0.5) is 0 Å². The van der Waals surface area contributed by atoms with Crippen LogP contribution in [-0.2, 0) is 17.8 Å². The highest BCUT2D eigenvalue weighted by Crippen LogP contribution is 2.11. The molecule has 0 bridgehead atoms. The van der Waals surface area contributed by atoms with Gasteiger partial charge >= 0.3 is 0 Å². The van der Waals surface area contributed by atoms with E-state index in [9.17, 15) is 0 Å².